The van der Waals surface area contributed by atoms with Crippen LogP contribution in [0.1, 0.15) is 0 Å². The zero-order valence-corrected chi connectivity index (χ0v) is 12.1. The van der Waals surface area contributed by atoms with Crippen LogP contribution in [0.25, 0.3) is 0 Å². The molecule has 4 amide bonds. The van der Waals surface area contributed by atoms with Crippen molar-refractivity contribution in [1.82, 2.24) is 9.80 Å². The Balaban J connectivity index is 2.01. The predicted octanol–water partition coefficient (Wildman–Crippen LogP) is -0.884. The first-order valence-corrected chi connectivity index (χ1v) is 6.67. The highest BCUT2D eigenvalue weighted by molar-refractivity contribution is 6.12. The molecule has 0 atom stereocenters. The number of carbonyl (C=O) groups excluding carboxylic acids is 4. The zero-order valence-electron chi connectivity index (χ0n) is 12.1. The molecule has 1 rings (SSSR count). The van der Waals surface area contributed by atoms with Gasteiger partial charge in [0.25, 0.3) is 17.7 Å². The van der Waals surface area contributed by atoms with Crippen molar-refractivity contribution in [2.75, 3.05) is 39.5 Å². The minimum atomic E-state index is -0.483. The smallest absolute Gasteiger partial charge is 0.253 e. The van der Waals surface area contributed by atoms with E-state index < -0.39 is 5.91 Å². The molecule has 0 aromatic carbocycles. The lowest BCUT2D eigenvalue weighted by Crippen LogP contribution is -2.33. The van der Waals surface area contributed by atoms with E-state index in [-0.39, 0.29) is 51.3 Å². The summed E-state index contributed by atoms with van der Waals surface area (Å²) in [7, 11) is 0. The largest absolute Gasteiger partial charge is 0.377 e. The van der Waals surface area contributed by atoms with Gasteiger partial charge in [0.1, 0.15) is 0 Å². The van der Waals surface area contributed by atoms with E-state index in [1.54, 1.807) is 0 Å². The fourth-order valence-corrected chi connectivity index (χ4v) is 1.62. The third-order valence-corrected chi connectivity index (χ3v) is 2.79. The quantitative estimate of drug-likeness (QED) is 0.213. The van der Waals surface area contributed by atoms with E-state index in [9.17, 15) is 19.2 Å². The van der Waals surface area contributed by atoms with Crippen LogP contribution in [0.2, 0.25) is 0 Å². The third kappa shape index (κ3) is 5.58. The Morgan fingerprint density at radius 2 is 1.73 bits per heavy atom. The van der Waals surface area contributed by atoms with Gasteiger partial charge in [-0.3, -0.25) is 29.0 Å². The number of hydrogen-bond acceptors (Lipinski definition) is 6. The van der Waals surface area contributed by atoms with Crippen molar-refractivity contribution >= 4 is 24.1 Å². The fourth-order valence-electron chi connectivity index (χ4n) is 1.62. The molecule has 8 nitrogen and oxygen atoms in total. The maximum atomic E-state index is 11.2. The van der Waals surface area contributed by atoms with Gasteiger partial charge in [-0.15, -0.1) is 0 Å². The van der Waals surface area contributed by atoms with Crippen LogP contribution in [0.15, 0.2) is 24.8 Å². The maximum absolute atomic E-state index is 11.2. The normalized spacial score (nSPS) is 13.5. The lowest BCUT2D eigenvalue weighted by Gasteiger charge is -2.14. The summed E-state index contributed by atoms with van der Waals surface area (Å²) in [6, 6.07) is 0. The summed E-state index contributed by atoms with van der Waals surface area (Å²) >= 11 is 0. The first-order chi connectivity index (χ1) is 10.6. The SMILES string of the molecule is C=CC(=O)N(C=O)CCOCCOCCN1C(=O)C=CC1=O. The average Bonchev–Trinajstić information content (AvgIpc) is 2.84. The average molecular weight is 310 g/mol. The number of hydrogen-bond donors (Lipinski definition) is 0. The van der Waals surface area contributed by atoms with Crippen molar-refractivity contribution < 1.29 is 28.7 Å². The van der Waals surface area contributed by atoms with Crippen LogP contribution < -0.4 is 0 Å². The van der Waals surface area contributed by atoms with E-state index in [4.69, 9.17) is 9.47 Å². The monoisotopic (exact) mass is 310 g/mol. The van der Waals surface area contributed by atoms with Crippen molar-refractivity contribution in [3.8, 4) is 0 Å². The molecule has 1 aliphatic rings. The molecule has 0 radical (unpaired) electrons. The molecular formula is C14H18N2O6. The van der Waals surface area contributed by atoms with Gasteiger partial charge in [-0.05, 0) is 6.08 Å². The molecule has 0 saturated carbocycles. The summed E-state index contributed by atoms with van der Waals surface area (Å²) in [5.41, 5.74) is 0. The molecule has 8 heteroatoms. The first-order valence-electron chi connectivity index (χ1n) is 6.67. The summed E-state index contributed by atoms with van der Waals surface area (Å²) < 4.78 is 10.4. The van der Waals surface area contributed by atoms with Crippen LogP contribution in [0.4, 0.5) is 0 Å². The molecule has 120 valence electrons. The van der Waals surface area contributed by atoms with Crippen molar-refractivity contribution in [2.24, 2.45) is 0 Å². The Hall–Kier alpha value is -2.32. The van der Waals surface area contributed by atoms with Gasteiger partial charge in [-0.1, -0.05) is 6.58 Å². The van der Waals surface area contributed by atoms with Crippen LogP contribution in [0, 0.1) is 0 Å². The predicted molar refractivity (Wildman–Crippen MR) is 75.5 cm³/mol. The van der Waals surface area contributed by atoms with E-state index in [0.717, 1.165) is 15.9 Å². The van der Waals surface area contributed by atoms with Crippen molar-refractivity contribution in [1.29, 1.82) is 0 Å². The van der Waals surface area contributed by atoms with Gasteiger partial charge in [-0.2, -0.15) is 0 Å². The van der Waals surface area contributed by atoms with Gasteiger partial charge >= 0.3 is 0 Å². The Kier molecular flexibility index (Phi) is 7.73. The second-order valence-electron chi connectivity index (χ2n) is 4.23. The standard InChI is InChI=1S/C14H18N2O6/c1-2-12(18)15(11-17)5-7-21-9-10-22-8-6-16-13(19)3-4-14(16)20/h2-4,11H,1,5-10H2. The van der Waals surface area contributed by atoms with Crippen LogP contribution in [0.5, 0.6) is 0 Å². The van der Waals surface area contributed by atoms with Crippen molar-refractivity contribution in [2.45, 2.75) is 0 Å². The molecule has 0 unspecified atom stereocenters. The zero-order chi connectivity index (χ0) is 16.4. The molecule has 1 heterocycles. The van der Waals surface area contributed by atoms with E-state index in [2.05, 4.69) is 6.58 Å². The number of carbonyl (C=O) groups is 4. The Labute approximate surface area is 127 Å². The number of amides is 4. The second kappa shape index (κ2) is 9.59. The summed E-state index contributed by atoms with van der Waals surface area (Å²) in [5, 5.41) is 0. The highest BCUT2D eigenvalue weighted by atomic mass is 16.5. The molecule has 0 aromatic rings. The van der Waals surface area contributed by atoms with Gasteiger partial charge in [-0.25, -0.2) is 0 Å². The Bertz CT molecular complexity index is 456. The highest BCUT2D eigenvalue weighted by Crippen LogP contribution is 2.02. The summed E-state index contributed by atoms with van der Waals surface area (Å²) in [4.78, 5) is 46.3. The molecule has 22 heavy (non-hydrogen) atoms. The van der Waals surface area contributed by atoms with Crippen LogP contribution >= 0.6 is 0 Å². The topological polar surface area (TPSA) is 93.2 Å². The Morgan fingerprint density at radius 1 is 1.14 bits per heavy atom. The summed E-state index contributed by atoms with van der Waals surface area (Å²) in [6.45, 7) is 4.57. The van der Waals surface area contributed by atoms with E-state index >= 15 is 0 Å². The van der Waals surface area contributed by atoms with Crippen molar-refractivity contribution in [3.05, 3.63) is 24.8 Å². The molecular weight excluding hydrogens is 292 g/mol. The molecule has 0 N–H and O–H groups in total. The number of nitrogens with zero attached hydrogens (tertiary/aromatic N) is 2. The van der Waals surface area contributed by atoms with Crippen LogP contribution in [-0.4, -0.2) is 73.4 Å². The van der Waals surface area contributed by atoms with Crippen molar-refractivity contribution in [3.63, 3.8) is 0 Å². The van der Waals surface area contributed by atoms with E-state index in [1.807, 2.05) is 0 Å². The first kappa shape index (κ1) is 17.7. The van der Waals surface area contributed by atoms with Crippen LogP contribution in [0.3, 0.4) is 0 Å². The van der Waals surface area contributed by atoms with Gasteiger partial charge in [0.15, 0.2) is 0 Å². The molecule has 1 aliphatic heterocycles. The number of ether oxygens (including phenoxy) is 2. The molecule has 0 fully saturated rings. The third-order valence-electron chi connectivity index (χ3n) is 2.79. The molecule has 0 saturated heterocycles. The molecule has 0 spiro atoms. The second-order valence-corrected chi connectivity index (χ2v) is 4.23. The minimum Gasteiger partial charge on any atom is -0.377 e. The summed E-state index contributed by atoms with van der Waals surface area (Å²) in [5.74, 6) is -1.17. The van der Waals surface area contributed by atoms with E-state index in [1.165, 1.54) is 12.2 Å². The molecule has 0 aromatic heterocycles. The van der Waals surface area contributed by atoms with Gasteiger partial charge in [0.2, 0.25) is 6.41 Å². The lowest BCUT2D eigenvalue weighted by molar-refractivity contribution is -0.138. The minimum absolute atomic E-state index is 0.136. The maximum Gasteiger partial charge on any atom is 0.253 e. The summed E-state index contributed by atoms with van der Waals surface area (Å²) in [6.07, 6.45) is 3.90. The van der Waals surface area contributed by atoms with E-state index in [0.29, 0.717) is 6.41 Å². The number of rotatable bonds is 11. The molecule has 0 bridgehead atoms. The highest BCUT2D eigenvalue weighted by Gasteiger charge is 2.22. The van der Waals surface area contributed by atoms with Crippen LogP contribution in [-0.2, 0) is 28.7 Å². The Morgan fingerprint density at radius 3 is 2.27 bits per heavy atom. The van der Waals surface area contributed by atoms with Gasteiger partial charge < -0.3 is 9.47 Å². The number of imide groups is 2. The van der Waals surface area contributed by atoms with Gasteiger partial charge in [0, 0.05) is 12.2 Å². The fraction of sp³-hybridized carbons (Fsp3) is 0.429. The van der Waals surface area contributed by atoms with Gasteiger partial charge in [0.05, 0.1) is 39.5 Å². The lowest BCUT2D eigenvalue weighted by atomic mass is 10.5. The molecule has 0 aliphatic carbocycles.